The minimum atomic E-state index is -0.258. The van der Waals surface area contributed by atoms with E-state index >= 15 is 0 Å². The number of amides is 1. The molecule has 0 spiro atoms. The summed E-state index contributed by atoms with van der Waals surface area (Å²) in [5.41, 5.74) is 3.95. The molecule has 2 heterocycles. The Morgan fingerprint density at radius 2 is 1.77 bits per heavy atom. The number of carbonyl (C=O) groups is 1. The summed E-state index contributed by atoms with van der Waals surface area (Å²) >= 11 is 1.46. The van der Waals surface area contributed by atoms with Crippen molar-refractivity contribution in [2.75, 3.05) is 12.3 Å². The van der Waals surface area contributed by atoms with Crippen LogP contribution < -0.4 is 5.32 Å². The normalized spacial score (nSPS) is 14.6. The van der Waals surface area contributed by atoms with Crippen molar-refractivity contribution in [1.82, 2.24) is 15.3 Å². The third-order valence-electron chi connectivity index (χ3n) is 5.21. The zero-order chi connectivity index (χ0) is 21.7. The standard InChI is InChI=1S/C25H27N3O2S/c1-25(2)15-21-20(16-30-25)24(28-23(27-21)19-11-7-4-8-12-19)31-17-22(29)26-14-13-18-9-5-3-6-10-18/h3-12H,13-17H2,1-2H3,(H,26,29). The average Bonchev–Trinajstić information content (AvgIpc) is 2.77. The first-order valence-corrected chi connectivity index (χ1v) is 11.5. The van der Waals surface area contributed by atoms with Gasteiger partial charge in [0.2, 0.25) is 5.91 Å². The summed E-state index contributed by atoms with van der Waals surface area (Å²) in [6.45, 7) is 5.24. The lowest BCUT2D eigenvalue weighted by atomic mass is 9.96. The number of fused-ring (bicyclic) bond motifs is 1. The Kier molecular flexibility index (Phi) is 6.68. The molecule has 1 N–H and O–H groups in total. The lowest BCUT2D eigenvalue weighted by Gasteiger charge is -2.32. The number of benzene rings is 2. The predicted molar refractivity (Wildman–Crippen MR) is 124 cm³/mol. The fourth-order valence-corrected chi connectivity index (χ4v) is 4.40. The van der Waals surface area contributed by atoms with Crippen molar-refractivity contribution in [1.29, 1.82) is 0 Å². The van der Waals surface area contributed by atoms with E-state index in [2.05, 4.69) is 31.3 Å². The monoisotopic (exact) mass is 433 g/mol. The van der Waals surface area contributed by atoms with Gasteiger partial charge in [0.15, 0.2) is 5.82 Å². The van der Waals surface area contributed by atoms with Crippen LogP contribution in [0.4, 0.5) is 0 Å². The van der Waals surface area contributed by atoms with E-state index in [-0.39, 0.29) is 11.5 Å². The first-order chi connectivity index (χ1) is 15.0. The van der Waals surface area contributed by atoms with Crippen LogP contribution in [-0.2, 0) is 29.0 Å². The molecule has 160 valence electrons. The lowest BCUT2D eigenvalue weighted by molar-refractivity contribution is -0.118. The van der Waals surface area contributed by atoms with Gasteiger partial charge in [-0.25, -0.2) is 9.97 Å². The van der Waals surface area contributed by atoms with E-state index in [4.69, 9.17) is 14.7 Å². The summed E-state index contributed by atoms with van der Waals surface area (Å²) < 4.78 is 6.00. The predicted octanol–water partition coefficient (Wildman–Crippen LogP) is 4.45. The Hall–Kier alpha value is -2.70. The second-order valence-corrected chi connectivity index (χ2v) is 9.21. The van der Waals surface area contributed by atoms with Gasteiger partial charge in [-0.2, -0.15) is 0 Å². The second kappa shape index (κ2) is 9.62. The molecule has 0 saturated heterocycles. The summed E-state index contributed by atoms with van der Waals surface area (Å²) in [4.78, 5) is 22.1. The van der Waals surface area contributed by atoms with Crippen LogP contribution in [0.5, 0.6) is 0 Å². The Balaban J connectivity index is 1.46. The van der Waals surface area contributed by atoms with Crippen LogP contribution in [0.15, 0.2) is 65.7 Å². The van der Waals surface area contributed by atoms with Crippen LogP contribution >= 0.6 is 11.8 Å². The van der Waals surface area contributed by atoms with Crippen molar-refractivity contribution in [2.24, 2.45) is 0 Å². The molecule has 31 heavy (non-hydrogen) atoms. The maximum absolute atomic E-state index is 12.4. The van der Waals surface area contributed by atoms with Crippen molar-refractivity contribution < 1.29 is 9.53 Å². The molecular formula is C25H27N3O2S. The average molecular weight is 434 g/mol. The van der Waals surface area contributed by atoms with Crippen LogP contribution in [0, 0.1) is 0 Å². The molecule has 0 unspecified atom stereocenters. The van der Waals surface area contributed by atoms with Crippen molar-refractivity contribution in [2.45, 2.75) is 43.9 Å². The number of hydrogen-bond acceptors (Lipinski definition) is 5. The summed E-state index contributed by atoms with van der Waals surface area (Å²) in [5, 5.41) is 3.84. The molecule has 0 bridgehead atoms. The summed E-state index contributed by atoms with van der Waals surface area (Å²) in [5.74, 6) is 1.02. The number of hydrogen-bond donors (Lipinski definition) is 1. The highest BCUT2D eigenvalue weighted by Crippen LogP contribution is 2.33. The fraction of sp³-hybridized carbons (Fsp3) is 0.320. The van der Waals surface area contributed by atoms with Gasteiger partial charge in [0, 0.05) is 24.1 Å². The number of nitrogens with one attached hydrogen (secondary N) is 1. The molecule has 0 fully saturated rings. The van der Waals surface area contributed by atoms with Crippen molar-refractivity contribution >= 4 is 17.7 Å². The quantitative estimate of drug-likeness (QED) is 0.441. The van der Waals surface area contributed by atoms with Crippen LogP contribution in [0.25, 0.3) is 11.4 Å². The molecule has 0 aliphatic carbocycles. The van der Waals surface area contributed by atoms with Gasteiger partial charge in [-0.1, -0.05) is 72.4 Å². The molecule has 0 saturated carbocycles. The molecule has 1 aliphatic heterocycles. The largest absolute Gasteiger partial charge is 0.370 e. The Bertz CT molecular complexity index is 1040. The molecule has 0 atom stereocenters. The molecule has 3 aromatic rings. The molecule has 5 nitrogen and oxygen atoms in total. The van der Waals surface area contributed by atoms with E-state index in [0.717, 1.165) is 34.7 Å². The maximum atomic E-state index is 12.4. The van der Waals surface area contributed by atoms with Gasteiger partial charge in [0.25, 0.3) is 0 Å². The van der Waals surface area contributed by atoms with Gasteiger partial charge in [0.1, 0.15) is 5.03 Å². The fourth-order valence-electron chi connectivity index (χ4n) is 3.53. The molecule has 4 rings (SSSR count). The van der Waals surface area contributed by atoms with E-state index in [1.807, 2.05) is 48.5 Å². The van der Waals surface area contributed by atoms with Gasteiger partial charge in [-0.3, -0.25) is 4.79 Å². The van der Waals surface area contributed by atoms with Crippen molar-refractivity contribution in [3.05, 3.63) is 77.5 Å². The second-order valence-electron chi connectivity index (χ2n) is 8.24. The van der Waals surface area contributed by atoms with Gasteiger partial charge in [0.05, 0.1) is 23.7 Å². The molecule has 6 heteroatoms. The topological polar surface area (TPSA) is 64.1 Å². The van der Waals surface area contributed by atoms with E-state index in [9.17, 15) is 4.79 Å². The Labute approximate surface area is 187 Å². The van der Waals surface area contributed by atoms with Crippen LogP contribution in [0.2, 0.25) is 0 Å². The number of aromatic nitrogens is 2. The van der Waals surface area contributed by atoms with Gasteiger partial charge < -0.3 is 10.1 Å². The highest BCUT2D eigenvalue weighted by atomic mass is 32.2. The van der Waals surface area contributed by atoms with E-state index in [1.165, 1.54) is 17.3 Å². The van der Waals surface area contributed by atoms with Crippen molar-refractivity contribution in [3.8, 4) is 11.4 Å². The van der Waals surface area contributed by atoms with E-state index in [0.29, 0.717) is 24.7 Å². The molecule has 0 radical (unpaired) electrons. The van der Waals surface area contributed by atoms with Gasteiger partial charge >= 0.3 is 0 Å². The smallest absolute Gasteiger partial charge is 0.230 e. The number of ether oxygens (including phenoxy) is 1. The zero-order valence-corrected chi connectivity index (χ0v) is 18.7. The number of carbonyl (C=O) groups excluding carboxylic acids is 1. The molecule has 2 aromatic carbocycles. The van der Waals surface area contributed by atoms with Crippen LogP contribution in [0.3, 0.4) is 0 Å². The van der Waals surface area contributed by atoms with Crippen LogP contribution in [-0.4, -0.2) is 33.8 Å². The molecule has 1 aliphatic rings. The van der Waals surface area contributed by atoms with Crippen LogP contribution in [0.1, 0.15) is 30.7 Å². The summed E-state index contributed by atoms with van der Waals surface area (Å²) in [7, 11) is 0. The minimum absolute atomic E-state index is 0.00612. The number of nitrogens with zero attached hydrogens (tertiary/aromatic N) is 2. The summed E-state index contributed by atoms with van der Waals surface area (Å²) in [6.07, 6.45) is 1.54. The Morgan fingerprint density at radius 1 is 1.06 bits per heavy atom. The van der Waals surface area contributed by atoms with Gasteiger partial charge in [-0.05, 0) is 25.8 Å². The first-order valence-electron chi connectivity index (χ1n) is 10.5. The third kappa shape index (κ3) is 5.71. The number of thioether (sulfide) groups is 1. The number of rotatable bonds is 7. The van der Waals surface area contributed by atoms with E-state index in [1.54, 1.807) is 0 Å². The van der Waals surface area contributed by atoms with Gasteiger partial charge in [-0.15, -0.1) is 0 Å². The molecule has 1 aromatic heterocycles. The third-order valence-corrected chi connectivity index (χ3v) is 6.22. The Morgan fingerprint density at radius 3 is 2.52 bits per heavy atom. The highest BCUT2D eigenvalue weighted by molar-refractivity contribution is 7.99. The van der Waals surface area contributed by atoms with E-state index < -0.39 is 0 Å². The highest BCUT2D eigenvalue weighted by Gasteiger charge is 2.30. The lowest BCUT2D eigenvalue weighted by Crippen LogP contribution is -2.33. The maximum Gasteiger partial charge on any atom is 0.230 e. The zero-order valence-electron chi connectivity index (χ0n) is 17.9. The SMILES string of the molecule is CC1(C)Cc2nc(-c3ccccc3)nc(SCC(=O)NCCc3ccccc3)c2CO1. The molecule has 1 amide bonds. The minimum Gasteiger partial charge on any atom is -0.370 e. The summed E-state index contributed by atoms with van der Waals surface area (Å²) in [6, 6.07) is 20.1. The first kappa shape index (κ1) is 21.5. The van der Waals surface area contributed by atoms with Crippen molar-refractivity contribution in [3.63, 3.8) is 0 Å². The molecular weight excluding hydrogens is 406 g/mol.